The van der Waals surface area contributed by atoms with Crippen LogP contribution in [0.3, 0.4) is 0 Å². The number of halogens is 1. The van der Waals surface area contributed by atoms with Crippen molar-refractivity contribution in [2.45, 2.75) is 19.3 Å². The molecular formula is C23H19FN6O3S. The van der Waals surface area contributed by atoms with Crippen molar-refractivity contribution < 1.29 is 17.5 Å². The summed E-state index contributed by atoms with van der Waals surface area (Å²) >= 11 is 0. The number of nitrogens with one attached hydrogen (secondary N) is 1. The molecule has 172 valence electrons. The van der Waals surface area contributed by atoms with E-state index in [1.807, 2.05) is 6.07 Å². The van der Waals surface area contributed by atoms with Crippen molar-refractivity contribution in [1.29, 1.82) is 5.26 Å². The van der Waals surface area contributed by atoms with E-state index in [1.54, 1.807) is 41.3 Å². The molecule has 2 aromatic heterocycles. The summed E-state index contributed by atoms with van der Waals surface area (Å²) in [6.45, 7) is 0.921. The van der Waals surface area contributed by atoms with Crippen LogP contribution in [0.2, 0.25) is 0 Å². The molecule has 11 heteroatoms. The SMILES string of the molecule is N#Cc1c(NS(=O)(=O)N2CC3(CCC3)C2)ccc(F)c1Oc1ccc2ncn3ccnc3c2c1. The average molecular weight is 479 g/mol. The molecule has 1 aliphatic carbocycles. The summed E-state index contributed by atoms with van der Waals surface area (Å²) in [6.07, 6.45) is 8.21. The number of hydrogen-bond donors (Lipinski definition) is 1. The average Bonchev–Trinajstić information content (AvgIpc) is 3.23. The van der Waals surface area contributed by atoms with Crippen LogP contribution in [-0.4, -0.2) is 40.2 Å². The van der Waals surface area contributed by atoms with Gasteiger partial charge in [-0.25, -0.2) is 14.4 Å². The Morgan fingerprint density at radius 2 is 2.00 bits per heavy atom. The lowest BCUT2D eigenvalue weighted by molar-refractivity contribution is -0.00752. The highest BCUT2D eigenvalue weighted by Gasteiger charge is 2.51. The molecule has 1 saturated carbocycles. The van der Waals surface area contributed by atoms with Crippen molar-refractivity contribution in [3.63, 3.8) is 0 Å². The van der Waals surface area contributed by atoms with E-state index < -0.39 is 16.0 Å². The van der Waals surface area contributed by atoms with E-state index >= 15 is 0 Å². The molecule has 1 spiro atoms. The number of imidazole rings is 1. The Balaban J connectivity index is 1.32. The summed E-state index contributed by atoms with van der Waals surface area (Å²) in [7, 11) is -3.87. The van der Waals surface area contributed by atoms with Crippen LogP contribution in [-0.2, 0) is 10.2 Å². The van der Waals surface area contributed by atoms with Crippen LogP contribution < -0.4 is 9.46 Å². The fraction of sp³-hybridized carbons (Fsp3) is 0.261. The zero-order valence-electron chi connectivity index (χ0n) is 17.9. The Bertz CT molecular complexity index is 1600. The first-order chi connectivity index (χ1) is 16.4. The first-order valence-corrected chi connectivity index (χ1v) is 12.2. The van der Waals surface area contributed by atoms with Gasteiger partial charge in [0.15, 0.2) is 11.6 Å². The monoisotopic (exact) mass is 478 g/mol. The maximum Gasteiger partial charge on any atom is 0.301 e. The quantitative estimate of drug-likeness (QED) is 0.467. The van der Waals surface area contributed by atoms with Crippen molar-refractivity contribution in [1.82, 2.24) is 18.7 Å². The maximum atomic E-state index is 14.8. The minimum Gasteiger partial charge on any atom is -0.453 e. The third-order valence-corrected chi connectivity index (χ3v) is 8.07. The number of hydrogen-bond acceptors (Lipinski definition) is 6. The zero-order chi connectivity index (χ0) is 23.5. The first-order valence-electron chi connectivity index (χ1n) is 10.8. The van der Waals surface area contributed by atoms with Crippen molar-refractivity contribution >= 4 is 32.4 Å². The lowest BCUT2D eigenvalue weighted by Gasteiger charge is -2.54. The van der Waals surface area contributed by atoms with Crippen molar-refractivity contribution in [2.75, 3.05) is 17.8 Å². The normalized spacial score (nSPS) is 17.3. The van der Waals surface area contributed by atoms with Gasteiger partial charge in [-0.1, -0.05) is 6.42 Å². The number of aromatic nitrogens is 3. The molecule has 0 bridgehead atoms. The fourth-order valence-corrected chi connectivity index (χ4v) is 6.11. The number of fused-ring (bicyclic) bond motifs is 3. The smallest absolute Gasteiger partial charge is 0.301 e. The maximum absolute atomic E-state index is 14.8. The van der Waals surface area contributed by atoms with Crippen LogP contribution in [0.5, 0.6) is 11.5 Å². The molecule has 0 unspecified atom stereocenters. The van der Waals surface area contributed by atoms with Crippen LogP contribution in [0.25, 0.3) is 16.6 Å². The summed E-state index contributed by atoms with van der Waals surface area (Å²) in [5.74, 6) is -0.881. The van der Waals surface area contributed by atoms with Gasteiger partial charge in [-0.05, 0) is 48.6 Å². The van der Waals surface area contributed by atoms with Crippen LogP contribution in [0, 0.1) is 22.6 Å². The van der Waals surface area contributed by atoms with E-state index in [2.05, 4.69) is 14.7 Å². The summed E-state index contributed by atoms with van der Waals surface area (Å²) in [4.78, 5) is 8.66. The Labute approximate surface area is 194 Å². The van der Waals surface area contributed by atoms with Gasteiger partial charge in [-0.3, -0.25) is 9.12 Å². The summed E-state index contributed by atoms with van der Waals surface area (Å²) < 4.78 is 51.7. The zero-order valence-corrected chi connectivity index (χ0v) is 18.7. The van der Waals surface area contributed by atoms with Gasteiger partial charge in [0, 0.05) is 30.9 Å². The van der Waals surface area contributed by atoms with Gasteiger partial charge in [0.1, 0.15) is 29.4 Å². The standard InChI is InChI=1S/C23H19FN6O3S/c24-18-3-5-20(28-34(31,32)30-12-23(13-30)6-1-7-23)17(11-25)21(18)33-15-2-4-19-16(10-15)22-26-8-9-29(22)14-27-19/h2-5,8-10,14,28H,1,6-7,12-13H2. The molecule has 34 heavy (non-hydrogen) atoms. The predicted octanol–water partition coefficient (Wildman–Crippen LogP) is 3.83. The largest absolute Gasteiger partial charge is 0.453 e. The molecule has 1 aliphatic heterocycles. The van der Waals surface area contributed by atoms with Crippen molar-refractivity contribution in [3.8, 4) is 17.6 Å². The van der Waals surface area contributed by atoms with Crippen LogP contribution in [0.15, 0.2) is 49.1 Å². The number of nitrogens with zero attached hydrogens (tertiary/aromatic N) is 5. The van der Waals surface area contributed by atoms with Gasteiger partial charge in [0.05, 0.1) is 11.2 Å². The van der Waals surface area contributed by atoms with Gasteiger partial charge in [0.25, 0.3) is 0 Å². The predicted molar refractivity (Wildman–Crippen MR) is 122 cm³/mol. The molecule has 0 atom stereocenters. The Kier molecular flexibility index (Phi) is 4.52. The molecule has 2 aliphatic rings. The van der Waals surface area contributed by atoms with Crippen LogP contribution >= 0.6 is 0 Å². The number of benzene rings is 2. The third-order valence-electron chi connectivity index (χ3n) is 6.66. The molecule has 6 rings (SSSR count). The highest BCUT2D eigenvalue weighted by atomic mass is 32.2. The van der Waals surface area contributed by atoms with E-state index in [0.29, 0.717) is 29.6 Å². The highest BCUT2D eigenvalue weighted by Crippen LogP contribution is 2.49. The minimum absolute atomic E-state index is 0.0356. The van der Waals surface area contributed by atoms with Crippen LogP contribution in [0.4, 0.5) is 10.1 Å². The fourth-order valence-electron chi connectivity index (χ4n) is 4.65. The van der Waals surface area contributed by atoms with Crippen molar-refractivity contribution in [2.24, 2.45) is 5.41 Å². The van der Waals surface area contributed by atoms with E-state index in [4.69, 9.17) is 4.74 Å². The topological polar surface area (TPSA) is 113 Å². The molecule has 2 aromatic carbocycles. The number of anilines is 1. The Hall–Kier alpha value is -3.75. The van der Waals surface area contributed by atoms with Gasteiger partial charge < -0.3 is 4.74 Å². The summed E-state index contributed by atoms with van der Waals surface area (Å²) in [5, 5.41) is 10.4. The lowest BCUT2D eigenvalue weighted by Crippen LogP contribution is -2.62. The van der Waals surface area contributed by atoms with Gasteiger partial charge in [-0.2, -0.15) is 18.0 Å². The number of rotatable bonds is 5. The first kappa shape index (κ1) is 20.8. The summed E-state index contributed by atoms with van der Waals surface area (Å²) in [6, 6.07) is 9.15. The van der Waals surface area contributed by atoms with E-state index in [9.17, 15) is 18.1 Å². The summed E-state index contributed by atoms with van der Waals surface area (Å²) in [5.41, 5.74) is 1.16. The van der Waals surface area contributed by atoms with Gasteiger partial charge in [0.2, 0.25) is 0 Å². The Morgan fingerprint density at radius 1 is 1.18 bits per heavy atom. The van der Waals surface area contributed by atoms with E-state index in [1.165, 1.54) is 10.4 Å². The van der Waals surface area contributed by atoms with Gasteiger partial charge >= 0.3 is 10.2 Å². The Morgan fingerprint density at radius 3 is 2.74 bits per heavy atom. The van der Waals surface area contributed by atoms with Gasteiger partial charge in [-0.15, -0.1) is 0 Å². The molecule has 2 fully saturated rings. The molecule has 0 amide bonds. The number of ether oxygens (including phenoxy) is 1. The lowest BCUT2D eigenvalue weighted by atomic mass is 9.65. The molecular weight excluding hydrogens is 459 g/mol. The number of nitriles is 1. The molecule has 3 heterocycles. The van der Waals surface area contributed by atoms with E-state index in [0.717, 1.165) is 25.3 Å². The third kappa shape index (κ3) is 3.26. The molecule has 4 aromatic rings. The van der Waals surface area contributed by atoms with Crippen molar-refractivity contribution in [3.05, 3.63) is 60.4 Å². The molecule has 0 radical (unpaired) electrons. The molecule has 1 N–H and O–H groups in total. The second-order valence-corrected chi connectivity index (χ2v) is 10.5. The highest BCUT2D eigenvalue weighted by molar-refractivity contribution is 7.90. The molecule has 9 nitrogen and oxygen atoms in total. The van der Waals surface area contributed by atoms with Crippen LogP contribution in [0.1, 0.15) is 24.8 Å². The minimum atomic E-state index is -3.87. The second-order valence-electron chi connectivity index (χ2n) is 8.82. The second kappa shape index (κ2) is 7.38. The van der Waals surface area contributed by atoms with E-state index in [-0.39, 0.29) is 28.2 Å². The molecule has 1 saturated heterocycles.